The second-order valence-electron chi connectivity index (χ2n) is 8.76. The average Bonchev–Trinajstić information content (AvgIpc) is 3.29. The lowest BCUT2D eigenvalue weighted by Gasteiger charge is -2.17. The van der Waals surface area contributed by atoms with Crippen LogP contribution in [0.1, 0.15) is 50.7 Å². The molecule has 2 aromatic rings. The third kappa shape index (κ3) is 6.51. The number of amidine groups is 1. The number of benzene rings is 2. The standard InChI is InChI=1S/C26H32ClN5O/c1-3-24(27)25-29-17(2)28-21-10-6-7-18(13-21)11-12-19-14-22(30-25)16-23(15-19)32-26(33)31-20-8-4-5-9-20/h3,6-7,10,13-17,20,28H,4-5,8-9,11-12H2,1-2H3,(H,29,30)(H2,31,32,33)/b24-3+. The van der Waals surface area contributed by atoms with Gasteiger partial charge in [0.2, 0.25) is 0 Å². The van der Waals surface area contributed by atoms with Crippen molar-refractivity contribution in [3.8, 4) is 0 Å². The zero-order valence-corrected chi connectivity index (χ0v) is 20.0. The largest absolute Gasteiger partial charge is 0.364 e. The van der Waals surface area contributed by atoms with Gasteiger partial charge >= 0.3 is 6.03 Å². The van der Waals surface area contributed by atoms with Gasteiger partial charge in [-0.15, -0.1) is 0 Å². The Labute approximate surface area is 200 Å². The van der Waals surface area contributed by atoms with Crippen LogP contribution in [-0.2, 0) is 12.8 Å². The fraction of sp³-hybridized carbons (Fsp3) is 0.385. The first-order chi connectivity index (χ1) is 16.0. The predicted molar refractivity (Wildman–Crippen MR) is 138 cm³/mol. The summed E-state index contributed by atoms with van der Waals surface area (Å²) < 4.78 is 0. The van der Waals surface area contributed by atoms with E-state index in [1.807, 2.05) is 38.1 Å². The van der Waals surface area contributed by atoms with E-state index in [1.54, 1.807) is 0 Å². The van der Waals surface area contributed by atoms with Crippen molar-refractivity contribution in [1.82, 2.24) is 5.32 Å². The van der Waals surface area contributed by atoms with Crippen LogP contribution in [-0.4, -0.2) is 24.1 Å². The summed E-state index contributed by atoms with van der Waals surface area (Å²) in [5, 5.41) is 13.5. The number of fused-ring (bicyclic) bond motifs is 4. The molecule has 4 N–H and O–H groups in total. The van der Waals surface area contributed by atoms with Gasteiger partial charge in [0.1, 0.15) is 12.0 Å². The molecule has 1 fully saturated rings. The number of hydrogen-bond donors (Lipinski definition) is 4. The summed E-state index contributed by atoms with van der Waals surface area (Å²) in [6.07, 6.45) is 7.82. The molecule has 0 aromatic heterocycles. The fourth-order valence-corrected chi connectivity index (χ4v) is 4.50. The topological polar surface area (TPSA) is 77.5 Å². The van der Waals surface area contributed by atoms with E-state index in [2.05, 4.69) is 45.5 Å². The van der Waals surface area contributed by atoms with Crippen molar-refractivity contribution < 1.29 is 4.79 Å². The smallest absolute Gasteiger partial charge is 0.319 e. The van der Waals surface area contributed by atoms with E-state index in [9.17, 15) is 4.79 Å². The van der Waals surface area contributed by atoms with Crippen LogP contribution in [0.15, 0.2) is 58.6 Å². The summed E-state index contributed by atoms with van der Waals surface area (Å²) in [5.41, 5.74) is 4.97. The number of urea groups is 1. The second-order valence-corrected chi connectivity index (χ2v) is 9.17. The van der Waals surface area contributed by atoms with Crippen molar-refractivity contribution in [3.05, 3.63) is 64.7 Å². The number of carbonyl (C=O) groups is 1. The zero-order chi connectivity index (χ0) is 23.2. The van der Waals surface area contributed by atoms with Crippen LogP contribution in [0.25, 0.3) is 0 Å². The van der Waals surface area contributed by atoms with Gasteiger partial charge in [-0.1, -0.05) is 42.7 Å². The number of allylic oxidation sites excluding steroid dienone is 1. The van der Waals surface area contributed by atoms with Crippen molar-refractivity contribution in [3.63, 3.8) is 0 Å². The zero-order valence-electron chi connectivity index (χ0n) is 19.2. The highest BCUT2D eigenvalue weighted by atomic mass is 35.5. The van der Waals surface area contributed by atoms with Crippen LogP contribution >= 0.6 is 11.6 Å². The van der Waals surface area contributed by atoms with Crippen LogP contribution < -0.4 is 21.3 Å². The number of amides is 2. The number of hydrogen-bond acceptors (Lipinski definition) is 4. The number of nitrogens with one attached hydrogen (secondary N) is 4. The summed E-state index contributed by atoms with van der Waals surface area (Å²) in [4.78, 5) is 17.4. The molecule has 1 aliphatic carbocycles. The third-order valence-corrected chi connectivity index (χ3v) is 6.41. The predicted octanol–water partition coefficient (Wildman–Crippen LogP) is 6.26. The maximum absolute atomic E-state index is 12.6. The van der Waals surface area contributed by atoms with E-state index in [1.165, 1.54) is 18.4 Å². The first-order valence-corrected chi connectivity index (χ1v) is 12.1. The van der Waals surface area contributed by atoms with Gasteiger partial charge in [0, 0.05) is 23.1 Å². The molecule has 1 unspecified atom stereocenters. The minimum atomic E-state index is -0.185. The van der Waals surface area contributed by atoms with Gasteiger partial charge in [-0.3, -0.25) is 0 Å². The van der Waals surface area contributed by atoms with Gasteiger partial charge in [0.15, 0.2) is 0 Å². The minimum Gasteiger partial charge on any atom is -0.364 e. The molecule has 2 aromatic carbocycles. The maximum Gasteiger partial charge on any atom is 0.319 e. The lowest BCUT2D eigenvalue weighted by Crippen LogP contribution is -2.36. The Kier molecular flexibility index (Phi) is 7.55. The number of carbonyl (C=O) groups excluding carboxylic acids is 1. The number of rotatable bonds is 3. The summed E-state index contributed by atoms with van der Waals surface area (Å²) in [7, 11) is 0. The molecule has 7 heteroatoms. The normalized spacial score (nSPS) is 20.8. The molecule has 1 heterocycles. The summed E-state index contributed by atoms with van der Waals surface area (Å²) in [6.45, 7) is 3.87. The van der Waals surface area contributed by atoms with Crippen LogP contribution in [0, 0.1) is 0 Å². The Bertz CT molecular complexity index is 1060. The minimum absolute atomic E-state index is 0.159. The van der Waals surface area contributed by atoms with Gasteiger partial charge in [-0.25, -0.2) is 9.79 Å². The molecular weight excluding hydrogens is 434 g/mol. The van der Waals surface area contributed by atoms with Crippen LogP contribution in [0.4, 0.5) is 21.9 Å². The van der Waals surface area contributed by atoms with Crippen LogP contribution in [0.2, 0.25) is 0 Å². The first kappa shape index (κ1) is 23.2. The number of anilines is 3. The SMILES string of the molecule is C/C=C(Cl)\C1=N/C(C)Nc2cccc(c2)CCc2cc(NC(=O)NC3CCCC3)cc(c2)N1. The summed E-state index contributed by atoms with van der Waals surface area (Å²) in [5.74, 6) is 0.577. The maximum atomic E-state index is 12.6. The fourth-order valence-electron chi connectivity index (χ4n) is 4.40. The van der Waals surface area contributed by atoms with E-state index < -0.39 is 0 Å². The van der Waals surface area contributed by atoms with E-state index in [-0.39, 0.29) is 18.2 Å². The Hall–Kier alpha value is -2.99. The van der Waals surface area contributed by atoms with Crippen molar-refractivity contribution >= 4 is 40.5 Å². The lowest BCUT2D eigenvalue weighted by atomic mass is 10.0. The van der Waals surface area contributed by atoms with Gasteiger partial charge in [-0.2, -0.15) is 0 Å². The Morgan fingerprint density at radius 3 is 2.64 bits per heavy atom. The molecule has 33 heavy (non-hydrogen) atoms. The molecule has 0 saturated heterocycles. The monoisotopic (exact) mass is 465 g/mol. The Morgan fingerprint density at radius 2 is 1.85 bits per heavy atom. The average molecular weight is 466 g/mol. The highest BCUT2D eigenvalue weighted by molar-refractivity contribution is 6.45. The molecule has 0 spiro atoms. The molecule has 2 aliphatic rings. The highest BCUT2D eigenvalue weighted by Gasteiger charge is 2.17. The summed E-state index contributed by atoms with van der Waals surface area (Å²) >= 11 is 6.49. The van der Waals surface area contributed by atoms with E-state index in [4.69, 9.17) is 16.6 Å². The molecule has 4 bridgehead atoms. The third-order valence-electron chi connectivity index (χ3n) is 6.01. The van der Waals surface area contributed by atoms with Gasteiger partial charge in [0.25, 0.3) is 0 Å². The number of aryl methyl sites for hydroxylation is 2. The van der Waals surface area contributed by atoms with Crippen molar-refractivity contribution in [2.45, 2.75) is 64.6 Å². The molecule has 1 saturated carbocycles. The van der Waals surface area contributed by atoms with E-state index in [0.717, 1.165) is 48.3 Å². The van der Waals surface area contributed by atoms with Crippen LogP contribution in [0.3, 0.4) is 0 Å². The lowest BCUT2D eigenvalue weighted by molar-refractivity contribution is 0.248. The summed E-state index contributed by atoms with van der Waals surface area (Å²) in [6, 6.07) is 14.6. The van der Waals surface area contributed by atoms with Crippen molar-refractivity contribution in [2.24, 2.45) is 4.99 Å². The number of nitrogens with zero attached hydrogens (tertiary/aromatic N) is 1. The molecule has 0 radical (unpaired) electrons. The van der Waals surface area contributed by atoms with Gasteiger partial charge in [-0.05, 0) is 81.0 Å². The molecule has 4 rings (SSSR count). The van der Waals surface area contributed by atoms with E-state index in [0.29, 0.717) is 10.9 Å². The van der Waals surface area contributed by atoms with Gasteiger partial charge in [0.05, 0.1) is 5.03 Å². The molecule has 1 atom stereocenters. The molecular formula is C26H32ClN5O. The molecule has 174 valence electrons. The molecule has 2 amide bonds. The van der Waals surface area contributed by atoms with Crippen molar-refractivity contribution in [2.75, 3.05) is 16.0 Å². The Balaban J connectivity index is 1.64. The van der Waals surface area contributed by atoms with Crippen molar-refractivity contribution in [1.29, 1.82) is 0 Å². The van der Waals surface area contributed by atoms with E-state index >= 15 is 0 Å². The second kappa shape index (κ2) is 10.8. The van der Waals surface area contributed by atoms with Gasteiger partial charge < -0.3 is 21.3 Å². The van der Waals surface area contributed by atoms with Crippen LogP contribution in [0.5, 0.6) is 0 Å². The number of aliphatic imine (C=N–C) groups is 1. The Morgan fingerprint density at radius 1 is 1.09 bits per heavy atom. The number of halogens is 1. The first-order valence-electron chi connectivity index (χ1n) is 11.7. The quantitative estimate of drug-likeness (QED) is 0.432. The molecule has 6 nitrogen and oxygen atoms in total. The molecule has 1 aliphatic heterocycles. The highest BCUT2D eigenvalue weighted by Crippen LogP contribution is 2.24.